The van der Waals surface area contributed by atoms with Crippen LogP contribution in [0.5, 0.6) is 0 Å². The maximum Gasteiger partial charge on any atom is 0.263 e. The smallest absolute Gasteiger partial charge is 0.263 e. The third kappa shape index (κ3) is 3.78. The summed E-state index contributed by atoms with van der Waals surface area (Å²) < 4.78 is 6.96. The van der Waals surface area contributed by atoms with Crippen LogP contribution in [0.2, 0.25) is 0 Å². The number of aromatic nitrogens is 2. The summed E-state index contributed by atoms with van der Waals surface area (Å²) in [5.74, 6) is 0.692. The average molecular weight is 416 g/mol. The second-order valence-corrected chi connectivity index (χ2v) is 8.26. The first kappa shape index (κ1) is 20.0. The van der Waals surface area contributed by atoms with Gasteiger partial charge in [0.05, 0.1) is 30.2 Å². The Kier molecular flexibility index (Phi) is 5.75. The minimum absolute atomic E-state index is 0.0586. The lowest BCUT2D eigenvalue weighted by Crippen LogP contribution is -2.26. The lowest BCUT2D eigenvalue weighted by Gasteiger charge is -2.13. The molecule has 150 valence electrons. The van der Waals surface area contributed by atoms with Gasteiger partial charge in [0, 0.05) is 24.0 Å². The molecule has 0 aliphatic heterocycles. The van der Waals surface area contributed by atoms with E-state index >= 15 is 0 Å². The highest BCUT2D eigenvalue weighted by Crippen LogP contribution is 2.35. The highest BCUT2D eigenvalue weighted by Gasteiger charge is 2.20. The minimum atomic E-state index is -0.0586. The van der Waals surface area contributed by atoms with Crippen LogP contribution in [0.4, 0.5) is 0 Å². The van der Waals surface area contributed by atoms with Crippen molar-refractivity contribution < 1.29 is 4.74 Å². The van der Waals surface area contributed by atoms with E-state index in [9.17, 15) is 10.1 Å². The fourth-order valence-corrected chi connectivity index (χ4v) is 4.71. The van der Waals surface area contributed by atoms with E-state index in [1.54, 1.807) is 29.1 Å². The Labute approximate surface area is 178 Å². The number of methoxy groups -OCH3 is 1. The van der Waals surface area contributed by atoms with Crippen LogP contribution in [0.15, 0.2) is 59.4 Å². The average Bonchev–Trinajstić information content (AvgIpc) is 3.11. The number of nitriles is 1. The van der Waals surface area contributed by atoms with Gasteiger partial charge in [-0.1, -0.05) is 42.5 Å². The van der Waals surface area contributed by atoms with Gasteiger partial charge in [-0.25, -0.2) is 4.98 Å². The van der Waals surface area contributed by atoms with Crippen molar-refractivity contribution in [3.8, 4) is 17.2 Å². The van der Waals surface area contributed by atoms with Crippen LogP contribution in [-0.4, -0.2) is 23.3 Å². The normalized spacial score (nSPS) is 11.0. The lowest BCUT2D eigenvalue weighted by atomic mass is 10.0. The molecule has 0 spiro atoms. The zero-order valence-electron chi connectivity index (χ0n) is 16.9. The Morgan fingerprint density at radius 3 is 2.70 bits per heavy atom. The molecular weight excluding hydrogens is 394 g/mol. The van der Waals surface area contributed by atoms with Gasteiger partial charge in [-0.05, 0) is 30.2 Å². The maximum atomic E-state index is 13.7. The third-order valence-electron chi connectivity index (χ3n) is 5.06. The summed E-state index contributed by atoms with van der Waals surface area (Å²) in [6, 6.07) is 19.5. The Bertz CT molecular complexity index is 1300. The van der Waals surface area contributed by atoms with Gasteiger partial charge in [0.15, 0.2) is 0 Å². The molecule has 6 heteroatoms. The van der Waals surface area contributed by atoms with Crippen LogP contribution in [0.25, 0.3) is 21.3 Å². The van der Waals surface area contributed by atoms with Crippen molar-refractivity contribution in [1.29, 1.82) is 5.26 Å². The van der Waals surface area contributed by atoms with Crippen LogP contribution in [-0.2, 0) is 17.7 Å². The lowest BCUT2D eigenvalue weighted by molar-refractivity contribution is 0.199. The van der Waals surface area contributed by atoms with Crippen molar-refractivity contribution >= 4 is 21.6 Å². The van der Waals surface area contributed by atoms with Crippen LogP contribution in [0.1, 0.15) is 21.8 Å². The molecule has 0 N–H and O–H groups in total. The summed E-state index contributed by atoms with van der Waals surface area (Å²) in [5.41, 5.74) is 3.37. The van der Waals surface area contributed by atoms with Crippen LogP contribution in [0.3, 0.4) is 0 Å². The van der Waals surface area contributed by atoms with E-state index < -0.39 is 0 Å². The van der Waals surface area contributed by atoms with Crippen molar-refractivity contribution in [1.82, 2.24) is 9.55 Å². The fraction of sp³-hybridized carbons (Fsp3) is 0.208. The first-order valence-corrected chi connectivity index (χ1v) is 10.5. The quantitative estimate of drug-likeness (QED) is 0.464. The summed E-state index contributed by atoms with van der Waals surface area (Å²) >= 11 is 1.55. The monoisotopic (exact) mass is 415 g/mol. The van der Waals surface area contributed by atoms with Crippen molar-refractivity contribution in [2.75, 3.05) is 13.7 Å². The first-order chi connectivity index (χ1) is 14.6. The summed E-state index contributed by atoms with van der Waals surface area (Å²) in [7, 11) is 1.64. The van der Waals surface area contributed by atoms with E-state index in [1.807, 2.05) is 55.5 Å². The molecule has 0 atom stereocenters. The SMILES string of the molecule is COCCc1nc2sc(C)c(-c3ccccc3)c2c(=O)n1Cc1cccc(C#N)c1. The fourth-order valence-electron chi connectivity index (χ4n) is 3.66. The van der Waals surface area contributed by atoms with Crippen molar-refractivity contribution in [3.63, 3.8) is 0 Å². The molecule has 0 saturated carbocycles. The van der Waals surface area contributed by atoms with Crippen molar-refractivity contribution in [2.45, 2.75) is 19.9 Å². The highest BCUT2D eigenvalue weighted by molar-refractivity contribution is 7.19. The van der Waals surface area contributed by atoms with E-state index in [4.69, 9.17) is 9.72 Å². The molecule has 0 fully saturated rings. The Morgan fingerprint density at radius 1 is 1.17 bits per heavy atom. The summed E-state index contributed by atoms with van der Waals surface area (Å²) in [6.07, 6.45) is 0.539. The van der Waals surface area contributed by atoms with Crippen molar-refractivity contribution in [2.24, 2.45) is 0 Å². The number of thiophene rings is 1. The van der Waals surface area contributed by atoms with Gasteiger partial charge in [0.25, 0.3) is 5.56 Å². The van der Waals surface area contributed by atoms with Gasteiger partial charge in [-0.2, -0.15) is 5.26 Å². The molecule has 2 heterocycles. The Hall–Kier alpha value is -3.27. The molecule has 0 radical (unpaired) electrons. The van der Waals surface area contributed by atoms with Gasteiger partial charge in [0.2, 0.25) is 0 Å². The predicted molar refractivity (Wildman–Crippen MR) is 120 cm³/mol. The first-order valence-electron chi connectivity index (χ1n) is 9.68. The zero-order chi connectivity index (χ0) is 21.1. The van der Waals surface area contributed by atoms with Gasteiger partial charge < -0.3 is 4.74 Å². The van der Waals surface area contributed by atoms with Crippen LogP contribution >= 0.6 is 11.3 Å². The van der Waals surface area contributed by atoms with E-state index in [0.29, 0.717) is 36.3 Å². The molecule has 5 nitrogen and oxygen atoms in total. The largest absolute Gasteiger partial charge is 0.384 e. The van der Waals surface area contributed by atoms with E-state index in [1.165, 1.54) is 0 Å². The zero-order valence-corrected chi connectivity index (χ0v) is 17.7. The molecule has 0 amide bonds. The molecule has 2 aromatic heterocycles. The molecule has 0 bridgehead atoms. The molecule has 0 aliphatic rings. The van der Waals surface area contributed by atoms with Crippen molar-refractivity contribution in [3.05, 3.63) is 86.8 Å². The van der Waals surface area contributed by atoms with E-state index in [-0.39, 0.29) is 5.56 Å². The molecule has 0 saturated heterocycles. The standard InChI is InChI=1S/C24H21N3O2S/c1-16-21(19-9-4-3-5-10-19)22-23(30-16)26-20(11-12-29-2)27(24(22)28)15-18-8-6-7-17(13-18)14-25/h3-10,13H,11-12,15H2,1-2H3. The number of ether oxygens (including phenoxy) is 1. The topological polar surface area (TPSA) is 67.9 Å². The maximum absolute atomic E-state index is 13.7. The molecular formula is C24H21N3O2S. The van der Waals surface area contributed by atoms with Gasteiger partial charge in [-0.3, -0.25) is 9.36 Å². The number of fused-ring (bicyclic) bond motifs is 1. The minimum Gasteiger partial charge on any atom is -0.384 e. The van der Waals surface area contributed by atoms with Crippen LogP contribution in [0, 0.1) is 18.3 Å². The number of benzene rings is 2. The number of aryl methyl sites for hydroxylation is 1. The molecule has 0 unspecified atom stereocenters. The second-order valence-electron chi connectivity index (χ2n) is 7.05. The number of rotatable bonds is 6. The van der Waals surface area contributed by atoms with Gasteiger partial charge in [-0.15, -0.1) is 11.3 Å². The molecule has 4 rings (SSSR count). The highest BCUT2D eigenvalue weighted by atomic mass is 32.1. The number of hydrogen-bond donors (Lipinski definition) is 0. The van der Waals surface area contributed by atoms with Gasteiger partial charge >= 0.3 is 0 Å². The third-order valence-corrected chi connectivity index (χ3v) is 6.05. The Morgan fingerprint density at radius 2 is 1.97 bits per heavy atom. The molecule has 2 aromatic carbocycles. The summed E-state index contributed by atoms with van der Waals surface area (Å²) in [4.78, 5) is 20.4. The Balaban J connectivity index is 1.93. The van der Waals surface area contributed by atoms with Gasteiger partial charge in [0.1, 0.15) is 10.7 Å². The molecule has 0 aliphatic carbocycles. The summed E-state index contributed by atoms with van der Waals surface area (Å²) in [6.45, 7) is 2.87. The predicted octanol–water partition coefficient (Wildman–Crippen LogP) is 4.54. The van der Waals surface area contributed by atoms with E-state index in [2.05, 4.69) is 6.07 Å². The second kappa shape index (κ2) is 8.62. The molecule has 30 heavy (non-hydrogen) atoms. The van der Waals surface area contributed by atoms with E-state index in [0.717, 1.165) is 26.4 Å². The van der Waals surface area contributed by atoms with Crippen LogP contribution < -0.4 is 5.56 Å². The number of hydrogen-bond acceptors (Lipinski definition) is 5. The molecule has 4 aromatic rings. The summed E-state index contributed by atoms with van der Waals surface area (Å²) in [5, 5.41) is 9.87. The number of nitrogens with zero attached hydrogens (tertiary/aromatic N) is 3.